The summed E-state index contributed by atoms with van der Waals surface area (Å²) in [6.45, 7) is 11.7. The Morgan fingerprint density at radius 2 is 0.805 bits per heavy atom. The van der Waals surface area contributed by atoms with E-state index in [1.54, 1.807) is 0 Å². The number of hydrogen-bond donors (Lipinski definition) is 0. The van der Waals surface area contributed by atoms with Crippen LogP contribution in [0.4, 0.5) is 0 Å². The Balaban J connectivity index is 1.21. The van der Waals surface area contributed by atoms with Gasteiger partial charge in [-0.1, -0.05) is 119 Å². The molecule has 0 atom stereocenters. The summed E-state index contributed by atoms with van der Waals surface area (Å²) in [5.41, 5.74) is 17.6. The number of fused-ring (bicyclic) bond motifs is 7. The van der Waals surface area contributed by atoms with E-state index in [4.69, 9.17) is 0 Å². The highest BCUT2D eigenvalue weighted by Gasteiger charge is 2.37. The highest BCUT2D eigenvalue weighted by Crippen LogP contribution is 2.52. The standard InChI is InChI=1S/C41H34/c1-25-20-26-10-6-7-11-27(26)21-35(25)30-16-19-34-33-18-15-29(23-38(33)41(4,5)39(34)24-30)28-14-17-32-31-12-8-9-13-36(31)40(2,3)37(32)22-28/h6-24H,1-5H3. The van der Waals surface area contributed by atoms with Crippen LogP contribution in [-0.2, 0) is 10.8 Å². The van der Waals surface area contributed by atoms with Gasteiger partial charge in [-0.2, -0.15) is 0 Å². The number of benzene rings is 6. The summed E-state index contributed by atoms with van der Waals surface area (Å²) in [6, 6.07) is 43.5. The first-order chi connectivity index (χ1) is 19.7. The van der Waals surface area contributed by atoms with Crippen molar-refractivity contribution in [2.45, 2.75) is 45.4 Å². The van der Waals surface area contributed by atoms with Gasteiger partial charge in [0.1, 0.15) is 0 Å². The average Bonchev–Trinajstić information content (AvgIpc) is 3.35. The van der Waals surface area contributed by atoms with Crippen LogP contribution in [0.5, 0.6) is 0 Å². The Labute approximate surface area is 243 Å². The highest BCUT2D eigenvalue weighted by molar-refractivity contribution is 5.91. The first kappa shape index (κ1) is 24.4. The van der Waals surface area contributed by atoms with Gasteiger partial charge in [0.05, 0.1) is 0 Å². The molecule has 0 aliphatic heterocycles. The van der Waals surface area contributed by atoms with Crippen LogP contribution in [0.2, 0.25) is 0 Å². The number of rotatable bonds is 2. The first-order valence-electron chi connectivity index (χ1n) is 14.8. The third-order valence-electron chi connectivity index (χ3n) is 10.00. The van der Waals surface area contributed by atoms with Crippen molar-refractivity contribution >= 4 is 10.8 Å². The second-order valence-corrected chi connectivity index (χ2v) is 13.1. The van der Waals surface area contributed by atoms with Crippen molar-refractivity contribution < 1.29 is 0 Å². The van der Waals surface area contributed by atoms with Crippen molar-refractivity contribution in [3.8, 4) is 44.5 Å². The lowest BCUT2D eigenvalue weighted by molar-refractivity contribution is 0.659. The fourth-order valence-corrected chi connectivity index (χ4v) is 7.63. The highest BCUT2D eigenvalue weighted by atomic mass is 14.4. The van der Waals surface area contributed by atoms with Crippen molar-refractivity contribution in [1.82, 2.24) is 0 Å². The quantitative estimate of drug-likeness (QED) is 0.210. The molecule has 0 unspecified atom stereocenters. The summed E-state index contributed by atoms with van der Waals surface area (Å²) < 4.78 is 0. The molecular formula is C41H34. The molecule has 0 heterocycles. The van der Waals surface area contributed by atoms with E-state index >= 15 is 0 Å². The molecule has 0 radical (unpaired) electrons. The summed E-state index contributed by atoms with van der Waals surface area (Å²) in [6.07, 6.45) is 0. The second-order valence-electron chi connectivity index (χ2n) is 13.1. The zero-order chi connectivity index (χ0) is 28.1. The smallest absolute Gasteiger partial charge is 0.0159 e. The first-order valence-corrected chi connectivity index (χ1v) is 14.8. The van der Waals surface area contributed by atoms with Crippen molar-refractivity contribution in [3.63, 3.8) is 0 Å². The molecule has 0 heteroatoms. The molecule has 41 heavy (non-hydrogen) atoms. The van der Waals surface area contributed by atoms with E-state index in [1.165, 1.54) is 83.1 Å². The summed E-state index contributed by atoms with van der Waals surface area (Å²) >= 11 is 0. The van der Waals surface area contributed by atoms with Gasteiger partial charge >= 0.3 is 0 Å². The fraction of sp³-hybridized carbons (Fsp3) is 0.171. The Morgan fingerprint density at radius 3 is 1.41 bits per heavy atom. The Morgan fingerprint density at radius 1 is 0.366 bits per heavy atom. The van der Waals surface area contributed by atoms with Gasteiger partial charge in [0, 0.05) is 10.8 Å². The Hall–Kier alpha value is -4.42. The maximum Gasteiger partial charge on any atom is 0.0159 e. The van der Waals surface area contributed by atoms with Gasteiger partial charge in [-0.05, 0) is 114 Å². The van der Waals surface area contributed by atoms with Gasteiger partial charge in [0.25, 0.3) is 0 Å². The molecule has 2 aliphatic rings. The number of hydrogen-bond acceptors (Lipinski definition) is 0. The maximum atomic E-state index is 2.45. The third kappa shape index (κ3) is 3.40. The van der Waals surface area contributed by atoms with Gasteiger partial charge in [0.15, 0.2) is 0 Å². The van der Waals surface area contributed by atoms with E-state index in [0.717, 1.165) is 0 Å². The minimum absolute atomic E-state index is 0.00542. The van der Waals surface area contributed by atoms with Crippen LogP contribution in [0.25, 0.3) is 55.3 Å². The van der Waals surface area contributed by atoms with Gasteiger partial charge in [-0.3, -0.25) is 0 Å². The predicted molar refractivity (Wildman–Crippen MR) is 175 cm³/mol. The summed E-state index contributed by atoms with van der Waals surface area (Å²) in [4.78, 5) is 0. The van der Waals surface area contributed by atoms with Crippen molar-refractivity contribution in [1.29, 1.82) is 0 Å². The van der Waals surface area contributed by atoms with E-state index < -0.39 is 0 Å². The van der Waals surface area contributed by atoms with Crippen molar-refractivity contribution in [3.05, 3.63) is 143 Å². The molecule has 198 valence electrons. The third-order valence-corrected chi connectivity index (χ3v) is 10.00. The average molecular weight is 527 g/mol. The minimum Gasteiger partial charge on any atom is -0.0619 e. The van der Waals surface area contributed by atoms with Gasteiger partial charge < -0.3 is 0 Å². The molecule has 2 aliphatic carbocycles. The van der Waals surface area contributed by atoms with Crippen molar-refractivity contribution in [2.24, 2.45) is 0 Å². The molecule has 0 aromatic heterocycles. The zero-order valence-electron chi connectivity index (χ0n) is 24.5. The minimum atomic E-state index is -0.0757. The molecule has 6 aromatic carbocycles. The molecule has 6 aromatic rings. The summed E-state index contributed by atoms with van der Waals surface area (Å²) in [5.74, 6) is 0. The zero-order valence-corrected chi connectivity index (χ0v) is 24.5. The van der Waals surface area contributed by atoms with Crippen LogP contribution >= 0.6 is 0 Å². The molecule has 0 nitrogen and oxygen atoms in total. The summed E-state index contributed by atoms with van der Waals surface area (Å²) in [5, 5.41) is 2.59. The lowest BCUT2D eigenvalue weighted by Crippen LogP contribution is -2.15. The molecule has 0 N–H and O–H groups in total. The van der Waals surface area contributed by atoms with Crippen LogP contribution < -0.4 is 0 Å². The van der Waals surface area contributed by atoms with E-state index in [0.29, 0.717) is 0 Å². The lowest BCUT2D eigenvalue weighted by atomic mass is 9.80. The summed E-state index contributed by atoms with van der Waals surface area (Å²) in [7, 11) is 0. The van der Waals surface area contributed by atoms with Crippen LogP contribution in [0.3, 0.4) is 0 Å². The van der Waals surface area contributed by atoms with E-state index in [1.807, 2.05) is 0 Å². The molecule has 0 fully saturated rings. The SMILES string of the molecule is Cc1cc2ccccc2cc1-c1ccc2c(c1)C(C)(C)c1cc(-c3ccc4c(c3)C(C)(C)c3ccccc3-4)ccc1-2. The Bertz CT molecular complexity index is 2050. The molecule has 8 rings (SSSR count). The largest absolute Gasteiger partial charge is 0.0619 e. The molecule has 0 amide bonds. The van der Waals surface area contributed by atoms with Crippen LogP contribution in [0.1, 0.15) is 55.5 Å². The normalized spacial score (nSPS) is 15.3. The molecule has 0 saturated carbocycles. The Kier molecular flexibility index (Phi) is 4.94. The maximum absolute atomic E-state index is 2.45. The predicted octanol–water partition coefficient (Wildman–Crippen LogP) is 11.1. The fourth-order valence-electron chi connectivity index (χ4n) is 7.63. The molecular weight excluding hydrogens is 492 g/mol. The molecule has 0 saturated heterocycles. The topological polar surface area (TPSA) is 0 Å². The molecule has 0 spiro atoms. The van der Waals surface area contributed by atoms with E-state index in [2.05, 4.69) is 150 Å². The van der Waals surface area contributed by atoms with Crippen LogP contribution in [-0.4, -0.2) is 0 Å². The van der Waals surface area contributed by atoms with Gasteiger partial charge in [-0.25, -0.2) is 0 Å². The second kappa shape index (κ2) is 8.30. The number of aryl methyl sites for hydroxylation is 1. The molecule has 0 bridgehead atoms. The van der Waals surface area contributed by atoms with Gasteiger partial charge in [0.2, 0.25) is 0 Å². The lowest BCUT2D eigenvalue weighted by Gasteiger charge is -2.23. The van der Waals surface area contributed by atoms with Crippen LogP contribution in [0.15, 0.2) is 115 Å². The van der Waals surface area contributed by atoms with Crippen molar-refractivity contribution in [2.75, 3.05) is 0 Å². The van der Waals surface area contributed by atoms with E-state index in [-0.39, 0.29) is 10.8 Å². The van der Waals surface area contributed by atoms with Gasteiger partial charge in [-0.15, -0.1) is 0 Å². The van der Waals surface area contributed by atoms with Crippen LogP contribution in [0, 0.1) is 6.92 Å². The monoisotopic (exact) mass is 526 g/mol. The van der Waals surface area contributed by atoms with E-state index in [9.17, 15) is 0 Å².